The van der Waals surface area contributed by atoms with Crippen molar-refractivity contribution < 1.29 is 0 Å². The predicted molar refractivity (Wildman–Crippen MR) is 86.1 cm³/mol. The summed E-state index contributed by atoms with van der Waals surface area (Å²) >= 11 is 0. The smallest absolute Gasteiger partial charge is 0.0534 e. The fourth-order valence-corrected chi connectivity index (χ4v) is 3.54. The van der Waals surface area contributed by atoms with Crippen molar-refractivity contribution in [1.82, 2.24) is 20.0 Å². The number of nitrogens with zero attached hydrogens (tertiary/aromatic N) is 3. The average molecular weight is 290 g/mol. The van der Waals surface area contributed by atoms with Gasteiger partial charge in [0.05, 0.1) is 6.20 Å². The minimum atomic E-state index is 0.645. The molecule has 3 atom stereocenters. The first kappa shape index (κ1) is 15.0. The normalized spacial score (nSPS) is 28.7. The van der Waals surface area contributed by atoms with Crippen LogP contribution in [0.1, 0.15) is 45.6 Å². The molecule has 3 unspecified atom stereocenters. The molecule has 4 nitrogen and oxygen atoms in total. The van der Waals surface area contributed by atoms with Gasteiger partial charge in [0, 0.05) is 50.0 Å². The molecule has 1 aliphatic carbocycles. The van der Waals surface area contributed by atoms with E-state index in [1.165, 1.54) is 37.9 Å². The lowest BCUT2D eigenvalue weighted by molar-refractivity contribution is 0.0891. The van der Waals surface area contributed by atoms with Crippen molar-refractivity contribution in [3.05, 3.63) is 18.0 Å². The van der Waals surface area contributed by atoms with Crippen molar-refractivity contribution in [3.63, 3.8) is 0 Å². The molecule has 4 heteroatoms. The van der Waals surface area contributed by atoms with Crippen LogP contribution in [0.25, 0.3) is 0 Å². The van der Waals surface area contributed by atoms with E-state index in [0.29, 0.717) is 6.04 Å². The van der Waals surface area contributed by atoms with Gasteiger partial charge in [0.1, 0.15) is 0 Å². The van der Waals surface area contributed by atoms with E-state index >= 15 is 0 Å². The van der Waals surface area contributed by atoms with Gasteiger partial charge in [0.2, 0.25) is 0 Å². The lowest BCUT2D eigenvalue weighted by atomic mass is 9.94. The number of nitrogens with one attached hydrogen (secondary N) is 1. The Hall–Kier alpha value is -0.870. The standard InChI is InChI=1S/C17H30N4/c1-4-13(3)16-12-20(17(9-18-16)15-6-7-15)10-14-8-19-21(5-2)11-14/h8,11,13,15-18H,4-7,9-10,12H2,1-3H3. The average Bonchev–Trinajstić information content (AvgIpc) is 3.26. The van der Waals surface area contributed by atoms with E-state index in [4.69, 9.17) is 0 Å². The predicted octanol–water partition coefficient (Wildman–Crippen LogP) is 2.50. The molecule has 0 bridgehead atoms. The third kappa shape index (κ3) is 3.49. The van der Waals surface area contributed by atoms with Crippen LogP contribution >= 0.6 is 0 Å². The van der Waals surface area contributed by atoms with Gasteiger partial charge in [-0.15, -0.1) is 0 Å². The number of aryl methyl sites for hydroxylation is 1. The van der Waals surface area contributed by atoms with E-state index in [0.717, 1.165) is 31.0 Å². The second-order valence-corrected chi connectivity index (χ2v) is 6.94. The van der Waals surface area contributed by atoms with Crippen LogP contribution in [0.5, 0.6) is 0 Å². The first-order valence-electron chi connectivity index (χ1n) is 8.70. The lowest BCUT2D eigenvalue weighted by Gasteiger charge is -2.42. The van der Waals surface area contributed by atoms with Crippen LogP contribution in [-0.4, -0.2) is 39.9 Å². The third-order valence-corrected chi connectivity index (χ3v) is 5.38. The molecule has 0 radical (unpaired) electrons. The summed E-state index contributed by atoms with van der Waals surface area (Å²) in [5, 5.41) is 8.24. The summed E-state index contributed by atoms with van der Waals surface area (Å²) in [4.78, 5) is 2.72. The Morgan fingerprint density at radius 2 is 2.19 bits per heavy atom. The van der Waals surface area contributed by atoms with Gasteiger partial charge in [-0.1, -0.05) is 20.3 Å². The van der Waals surface area contributed by atoms with Crippen molar-refractivity contribution >= 4 is 0 Å². The van der Waals surface area contributed by atoms with Crippen LogP contribution < -0.4 is 5.32 Å². The Bertz CT molecular complexity index is 451. The summed E-state index contributed by atoms with van der Waals surface area (Å²) in [6.07, 6.45) is 8.36. The summed E-state index contributed by atoms with van der Waals surface area (Å²) in [6, 6.07) is 1.38. The molecule has 3 rings (SSSR count). The van der Waals surface area contributed by atoms with Crippen LogP contribution in [0.15, 0.2) is 12.4 Å². The molecule has 2 aliphatic rings. The highest BCUT2D eigenvalue weighted by atomic mass is 15.3. The number of aromatic nitrogens is 2. The first-order valence-corrected chi connectivity index (χ1v) is 8.70. The summed E-state index contributed by atoms with van der Waals surface area (Å²) < 4.78 is 2.04. The minimum Gasteiger partial charge on any atom is -0.311 e. The maximum Gasteiger partial charge on any atom is 0.0534 e. The molecule has 0 aromatic carbocycles. The van der Waals surface area contributed by atoms with Gasteiger partial charge in [0.25, 0.3) is 0 Å². The van der Waals surface area contributed by atoms with Gasteiger partial charge >= 0.3 is 0 Å². The van der Waals surface area contributed by atoms with Crippen LogP contribution in [0, 0.1) is 11.8 Å². The van der Waals surface area contributed by atoms with Crippen LogP contribution in [0.3, 0.4) is 0 Å². The summed E-state index contributed by atoms with van der Waals surface area (Å²) in [5.74, 6) is 1.68. The van der Waals surface area contributed by atoms with Crippen LogP contribution in [-0.2, 0) is 13.1 Å². The lowest BCUT2D eigenvalue weighted by Crippen LogP contribution is -2.58. The zero-order valence-corrected chi connectivity index (χ0v) is 13.8. The van der Waals surface area contributed by atoms with Gasteiger partial charge in [-0.05, 0) is 31.6 Å². The van der Waals surface area contributed by atoms with Crippen molar-refractivity contribution in [2.45, 2.75) is 65.2 Å². The molecule has 2 heterocycles. The molecule has 118 valence electrons. The highest BCUT2D eigenvalue weighted by Crippen LogP contribution is 2.37. The maximum absolute atomic E-state index is 4.43. The van der Waals surface area contributed by atoms with E-state index in [2.05, 4.69) is 42.3 Å². The van der Waals surface area contributed by atoms with E-state index in [9.17, 15) is 0 Å². The molecule has 0 amide bonds. The molecule has 1 saturated carbocycles. The first-order chi connectivity index (χ1) is 10.2. The summed E-state index contributed by atoms with van der Waals surface area (Å²) in [5.41, 5.74) is 1.37. The number of hydrogen-bond acceptors (Lipinski definition) is 3. The Morgan fingerprint density at radius 3 is 2.81 bits per heavy atom. The van der Waals surface area contributed by atoms with Crippen molar-refractivity contribution in [1.29, 1.82) is 0 Å². The van der Waals surface area contributed by atoms with Gasteiger partial charge in [-0.25, -0.2) is 0 Å². The zero-order valence-electron chi connectivity index (χ0n) is 13.8. The topological polar surface area (TPSA) is 33.1 Å². The number of piperazine rings is 1. The van der Waals surface area contributed by atoms with Crippen molar-refractivity contribution in [2.24, 2.45) is 11.8 Å². The van der Waals surface area contributed by atoms with Crippen LogP contribution in [0.2, 0.25) is 0 Å². The van der Waals surface area contributed by atoms with Gasteiger partial charge in [0.15, 0.2) is 0 Å². The zero-order chi connectivity index (χ0) is 14.8. The molecule has 1 aliphatic heterocycles. The van der Waals surface area contributed by atoms with Crippen molar-refractivity contribution in [2.75, 3.05) is 13.1 Å². The fourth-order valence-electron chi connectivity index (χ4n) is 3.54. The Kier molecular flexibility index (Phi) is 4.65. The second kappa shape index (κ2) is 6.49. The van der Waals surface area contributed by atoms with E-state index < -0.39 is 0 Å². The Labute approximate surface area is 128 Å². The number of hydrogen-bond donors (Lipinski definition) is 1. The van der Waals surface area contributed by atoms with Gasteiger partial charge in [-0.2, -0.15) is 5.10 Å². The third-order valence-electron chi connectivity index (χ3n) is 5.38. The SMILES string of the molecule is CCC(C)C1CN(Cc2cnn(CC)c2)C(C2CC2)CN1. The molecule has 2 fully saturated rings. The number of rotatable bonds is 6. The minimum absolute atomic E-state index is 0.645. The molecule has 1 saturated heterocycles. The molecule has 1 aromatic rings. The molecule has 0 spiro atoms. The Balaban J connectivity index is 1.67. The molecule has 21 heavy (non-hydrogen) atoms. The molecular formula is C17H30N4. The molecule has 1 aromatic heterocycles. The quantitative estimate of drug-likeness (QED) is 0.874. The van der Waals surface area contributed by atoms with E-state index in [1.54, 1.807) is 0 Å². The Morgan fingerprint density at radius 1 is 1.38 bits per heavy atom. The molecular weight excluding hydrogens is 260 g/mol. The largest absolute Gasteiger partial charge is 0.311 e. The van der Waals surface area contributed by atoms with Crippen LogP contribution in [0.4, 0.5) is 0 Å². The van der Waals surface area contributed by atoms with Crippen molar-refractivity contribution in [3.8, 4) is 0 Å². The monoisotopic (exact) mass is 290 g/mol. The summed E-state index contributed by atoms with van der Waals surface area (Å²) in [7, 11) is 0. The summed E-state index contributed by atoms with van der Waals surface area (Å²) in [6.45, 7) is 11.2. The highest BCUT2D eigenvalue weighted by Gasteiger charge is 2.39. The maximum atomic E-state index is 4.43. The van der Waals surface area contributed by atoms with Gasteiger partial charge < -0.3 is 5.32 Å². The molecule has 1 N–H and O–H groups in total. The highest BCUT2D eigenvalue weighted by molar-refractivity contribution is 5.06. The van der Waals surface area contributed by atoms with E-state index in [1.807, 2.05) is 10.9 Å². The van der Waals surface area contributed by atoms with E-state index in [-0.39, 0.29) is 0 Å². The van der Waals surface area contributed by atoms with Gasteiger partial charge in [-0.3, -0.25) is 9.58 Å². The fraction of sp³-hybridized carbons (Fsp3) is 0.824. The second-order valence-electron chi connectivity index (χ2n) is 6.94.